The summed E-state index contributed by atoms with van der Waals surface area (Å²) in [7, 11) is 0. The monoisotopic (exact) mass is 367 g/mol. The van der Waals surface area contributed by atoms with E-state index in [1.165, 1.54) is 10.6 Å². The highest BCUT2D eigenvalue weighted by molar-refractivity contribution is 5.94. The van der Waals surface area contributed by atoms with Crippen molar-refractivity contribution >= 4 is 11.8 Å². The lowest BCUT2D eigenvalue weighted by atomic mass is 9.95. The number of amides is 2. The van der Waals surface area contributed by atoms with Crippen LogP contribution >= 0.6 is 0 Å². The van der Waals surface area contributed by atoms with Crippen molar-refractivity contribution in [2.75, 3.05) is 13.1 Å². The quantitative estimate of drug-likeness (QED) is 0.901. The van der Waals surface area contributed by atoms with Crippen molar-refractivity contribution in [3.8, 4) is 5.69 Å². The van der Waals surface area contributed by atoms with Gasteiger partial charge >= 0.3 is 0 Å². The highest BCUT2D eigenvalue weighted by Crippen LogP contribution is 2.19. The molecule has 3 rings (SSSR count). The Kier molecular flexibility index (Phi) is 5.74. The van der Waals surface area contributed by atoms with Crippen LogP contribution in [0.3, 0.4) is 0 Å². The Morgan fingerprint density at radius 3 is 2.33 bits per heavy atom. The number of piperidine rings is 1. The number of hydrogen-bond acceptors (Lipinski definition) is 3. The molecule has 0 atom stereocenters. The fourth-order valence-corrected chi connectivity index (χ4v) is 3.33. The number of aromatic nitrogens is 1. The van der Waals surface area contributed by atoms with Gasteiger partial charge in [-0.05, 0) is 44.9 Å². The molecule has 0 spiro atoms. The molecule has 6 heteroatoms. The van der Waals surface area contributed by atoms with Crippen LogP contribution in [-0.4, -0.2) is 40.4 Å². The minimum Gasteiger partial charge on any atom is -0.354 e. The number of rotatable bonds is 4. The lowest BCUT2D eigenvalue weighted by Gasteiger charge is -2.31. The van der Waals surface area contributed by atoms with Gasteiger partial charge in [-0.1, -0.05) is 18.2 Å². The van der Waals surface area contributed by atoms with Crippen molar-refractivity contribution in [2.45, 2.75) is 32.7 Å². The Morgan fingerprint density at radius 2 is 1.70 bits per heavy atom. The van der Waals surface area contributed by atoms with Crippen LogP contribution in [0.5, 0.6) is 0 Å². The third-order valence-corrected chi connectivity index (χ3v) is 4.78. The van der Waals surface area contributed by atoms with Gasteiger partial charge in [0.15, 0.2) is 0 Å². The molecule has 1 aliphatic heterocycles. The topological polar surface area (TPSA) is 71.4 Å². The molecule has 0 aliphatic carbocycles. The average molecular weight is 367 g/mol. The first-order valence-electron chi connectivity index (χ1n) is 9.33. The fourth-order valence-electron chi connectivity index (χ4n) is 3.33. The van der Waals surface area contributed by atoms with Crippen molar-refractivity contribution in [2.24, 2.45) is 5.92 Å². The van der Waals surface area contributed by atoms with Gasteiger partial charge in [-0.25, -0.2) is 0 Å². The van der Waals surface area contributed by atoms with Gasteiger partial charge in [0.1, 0.15) is 0 Å². The van der Waals surface area contributed by atoms with Gasteiger partial charge in [0.2, 0.25) is 5.91 Å². The smallest absolute Gasteiger partial charge is 0.255 e. The first-order valence-corrected chi connectivity index (χ1v) is 9.33. The van der Waals surface area contributed by atoms with Crippen LogP contribution in [-0.2, 0) is 4.79 Å². The molecule has 1 aromatic carbocycles. The first-order chi connectivity index (χ1) is 13.0. The first kappa shape index (κ1) is 18.9. The normalized spacial score (nSPS) is 15.0. The number of para-hydroxylation sites is 1. The third-order valence-electron chi connectivity index (χ3n) is 4.78. The van der Waals surface area contributed by atoms with Gasteiger partial charge in [0, 0.05) is 43.0 Å². The van der Waals surface area contributed by atoms with E-state index in [1.807, 2.05) is 44.2 Å². The maximum Gasteiger partial charge on any atom is 0.255 e. The number of carbonyl (C=O) groups is 2. The molecule has 0 unspecified atom stereocenters. The third kappa shape index (κ3) is 4.45. The summed E-state index contributed by atoms with van der Waals surface area (Å²) in [4.78, 5) is 38.9. The van der Waals surface area contributed by atoms with Gasteiger partial charge in [0.25, 0.3) is 11.5 Å². The van der Waals surface area contributed by atoms with E-state index in [9.17, 15) is 14.4 Å². The van der Waals surface area contributed by atoms with Gasteiger partial charge < -0.3 is 10.2 Å². The molecular formula is C21H25N3O3. The van der Waals surface area contributed by atoms with Crippen molar-refractivity contribution < 1.29 is 9.59 Å². The molecule has 1 fully saturated rings. The van der Waals surface area contributed by atoms with Gasteiger partial charge in [-0.2, -0.15) is 0 Å². The van der Waals surface area contributed by atoms with Gasteiger partial charge in [-0.3, -0.25) is 19.0 Å². The molecule has 2 amide bonds. The van der Waals surface area contributed by atoms with Crippen LogP contribution in [0.2, 0.25) is 0 Å². The summed E-state index contributed by atoms with van der Waals surface area (Å²) in [5.74, 6) is -0.0909. The molecular weight excluding hydrogens is 342 g/mol. The molecule has 2 aromatic rings. The zero-order valence-electron chi connectivity index (χ0n) is 15.7. The summed E-state index contributed by atoms with van der Waals surface area (Å²) in [6.45, 7) is 4.97. The van der Waals surface area contributed by atoms with E-state index in [-0.39, 0.29) is 29.3 Å². The van der Waals surface area contributed by atoms with Crippen LogP contribution in [0.4, 0.5) is 0 Å². The van der Waals surface area contributed by atoms with E-state index in [1.54, 1.807) is 17.2 Å². The van der Waals surface area contributed by atoms with Gasteiger partial charge in [0.05, 0.1) is 5.56 Å². The number of nitrogens with zero attached hydrogens (tertiary/aromatic N) is 2. The van der Waals surface area contributed by atoms with E-state index in [0.717, 1.165) is 5.69 Å². The maximum absolute atomic E-state index is 12.9. The summed E-state index contributed by atoms with van der Waals surface area (Å²) >= 11 is 0. The summed E-state index contributed by atoms with van der Waals surface area (Å²) in [5.41, 5.74) is 1.02. The zero-order valence-corrected chi connectivity index (χ0v) is 15.7. The highest BCUT2D eigenvalue weighted by atomic mass is 16.2. The Labute approximate surface area is 158 Å². The molecule has 142 valence electrons. The summed E-state index contributed by atoms with van der Waals surface area (Å²) in [5, 5.41) is 2.94. The lowest BCUT2D eigenvalue weighted by Crippen LogP contribution is -2.44. The molecule has 0 radical (unpaired) electrons. The molecule has 1 saturated heterocycles. The Hall–Kier alpha value is -2.89. The minimum absolute atomic E-state index is 0.0466. The van der Waals surface area contributed by atoms with Crippen LogP contribution < -0.4 is 10.9 Å². The fraction of sp³-hybridized carbons (Fsp3) is 0.381. The number of benzene rings is 1. The highest BCUT2D eigenvalue weighted by Gasteiger charge is 2.28. The molecule has 6 nitrogen and oxygen atoms in total. The van der Waals surface area contributed by atoms with E-state index in [4.69, 9.17) is 0 Å². The Bertz CT molecular complexity index is 866. The minimum atomic E-state index is -0.179. The number of nitrogens with one attached hydrogen (secondary N) is 1. The SMILES string of the molecule is CC(C)NC(=O)C1CCN(C(=O)c2ccc(=O)n(-c3ccccc3)c2)CC1. The summed E-state index contributed by atoms with van der Waals surface area (Å²) in [6, 6.07) is 12.3. The molecule has 27 heavy (non-hydrogen) atoms. The zero-order chi connectivity index (χ0) is 19.4. The lowest BCUT2D eigenvalue weighted by molar-refractivity contribution is -0.126. The number of hydrogen-bond donors (Lipinski definition) is 1. The second-order valence-corrected chi connectivity index (χ2v) is 7.19. The van der Waals surface area contributed by atoms with Crippen LogP contribution in [0.1, 0.15) is 37.0 Å². The van der Waals surface area contributed by atoms with E-state index >= 15 is 0 Å². The Morgan fingerprint density at radius 1 is 1.04 bits per heavy atom. The molecule has 2 heterocycles. The predicted octanol–water partition coefficient (Wildman–Crippen LogP) is 2.21. The number of likely N-dealkylation sites (tertiary alicyclic amines) is 1. The van der Waals surface area contributed by atoms with Gasteiger partial charge in [-0.15, -0.1) is 0 Å². The predicted molar refractivity (Wildman–Crippen MR) is 104 cm³/mol. The standard InChI is InChI=1S/C21H25N3O3/c1-15(2)22-20(26)16-10-12-23(13-11-16)21(27)17-8-9-19(25)24(14-17)18-6-4-3-5-7-18/h3-9,14-16H,10-13H2,1-2H3,(H,22,26). The van der Waals surface area contributed by atoms with Crippen LogP contribution in [0, 0.1) is 5.92 Å². The largest absolute Gasteiger partial charge is 0.354 e. The van der Waals surface area contributed by atoms with Crippen molar-refractivity contribution in [3.05, 3.63) is 64.6 Å². The maximum atomic E-state index is 12.9. The molecule has 0 saturated carbocycles. The van der Waals surface area contributed by atoms with E-state index < -0.39 is 0 Å². The molecule has 1 N–H and O–H groups in total. The van der Waals surface area contributed by atoms with E-state index in [0.29, 0.717) is 31.5 Å². The number of pyridine rings is 1. The van der Waals surface area contributed by atoms with Crippen molar-refractivity contribution in [1.82, 2.24) is 14.8 Å². The molecule has 0 bridgehead atoms. The summed E-state index contributed by atoms with van der Waals surface area (Å²) in [6.07, 6.45) is 2.91. The second kappa shape index (κ2) is 8.20. The second-order valence-electron chi connectivity index (χ2n) is 7.19. The molecule has 1 aliphatic rings. The van der Waals surface area contributed by atoms with Crippen LogP contribution in [0.25, 0.3) is 5.69 Å². The summed E-state index contributed by atoms with van der Waals surface area (Å²) < 4.78 is 1.48. The van der Waals surface area contributed by atoms with Crippen molar-refractivity contribution in [3.63, 3.8) is 0 Å². The number of carbonyl (C=O) groups excluding carboxylic acids is 2. The average Bonchev–Trinajstić information content (AvgIpc) is 2.68. The molecule has 1 aromatic heterocycles. The van der Waals surface area contributed by atoms with Crippen molar-refractivity contribution in [1.29, 1.82) is 0 Å². The van der Waals surface area contributed by atoms with E-state index in [2.05, 4.69) is 5.32 Å². The Balaban J connectivity index is 1.71. The van der Waals surface area contributed by atoms with Crippen LogP contribution in [0.15, 0.2) is 53.5 Å².